The second kappa shape index (κ2) is 8.70. The van der Waals surface area contributed by atoms with Crippen molar-refractivity contribution < 1.29 is 9.53 Å². The van der Waals surface area contributed by atoms with Crippen LogP contribution in [0.5, 0.6) is 0 Å². The van der Waals surface area contributed by atoms with Gasteiger partial charge in [-0.25, -0.2) is 14.8 Å². The van der Waals surface area contributed by atoms with Gasteiger partial charge in [0.1, 0.15) is 13.7 Å². The largest absolute Gasteiger partial charge is 0.453 e. The van der Waals surface area contributed by atoms with Gasteiger partial charge in [-0.1, -0.05) is 6.07 Å². The smallest absolute Gasteiger partial charge is 0.411 e. The Morgan fingerprint density at radius 2 is 2.15 bits per heavy atom. The number of nitrogens with one attached hydrogen (secondary N) is 4. The van der Waals surface area contributed by atoms with Crippen molar-refractivity contribution in [1.29, 1.82) is 0 Å². The Kier molecular flexibility index (Phi) is 5.88. The lowest BCUT2D eigenvalue weighted by Crippen LogP contribution is -2.18. The van der Waals surface area contributed by atoms with Crippen molar-refractivity contribution in [3.05, 3.63) is 48.7 Å². The summed E-state index contributed by atoms with van der Waals surface area (Å²) in [4.78, 5) is 27.3. The van der Waals surface area contributed by atoms with E-state index in [0.29, 0.717) is 18.2 Å². The number of benzene rings is 1. The van der Waals surface area contributed by atoms with Gasteiger partial charge >= 0.3 is 6.09 Å². The van der Waals surface area contributed by atoms with Crippen molar-refractivity contribution in [1.82, 2.24) is 19.9 Å². The first kappa shape index (κ1) is 18.2. The Morgan fingerprint density at radius 3 is 2.93 bits per heavy atom. The summed E-state index contributed by atoms with van der Waals surface area (Å²) in [6.45, 7) is 0.709. The number of anilines is 4. The molecule has 0 unspecified atom stereocenters. The number of hydrogen-bond acceptors (Lipinski definition) is 7. The summed E-state index contributed by atoms with van der Waals surface area (Å²) in [5, 5.41) is 9.06. The van der Waals surface area contributed by atoms with Crippen LogP contribution >= 0.6 is 0 Å². The zero-order valence-corrected chi connectivity index (χ0v) is 15.1. The van der Waals surface area contributed by atoms with Crippen LogP contribution in [-0.4, -0.2) is 47.5 Å². The first-order chi connectivity index (χ1) is 13.1. The molecule has 1 amide bonds. The zero-order valence-electron chi connectivity index (χ0n) is 15.1. The van der Waals surface area contributed by atoms with Gasteiger partial charge in [-0.15, -0.1) is 0 Å². The molecule has 0 fully saturated rings. The van der Waals surface area contributed by atoms with Gasteiger partial charge in [0.25, 0.3) is 0 Å². The first-order valence-electron chi connectivity index (χ1n) is 8.41. The number of rotatable bonds is 7. The van der Waals surface area contributed by atoms with E-state index >= 15 is 0 Å². The van der Waals surface area contributed by atoms with Gasteiger partial charge in [0.15, 0.2) is 0 Å². The second-order valence-corrected chi connectivity index (χ2v) is 5.78. The third-order valence-corrected chi connectivity index (χ3v) is 3.75. The number of aromatic amines is 1. The lowest BCUT2D eigenvalue weighted by Gasteiger charge is -2.11. The van der Waals surface area contributed by atoms with Crippen molar-refractivity contribution in [2.24, 2.45) is 0 Å². The Morgan fingerprint density at radius 1 is 1.30 bits per heavy atom. The highest BCUT2D eigenvalue weighted by molar-refractivity contribution is 6.35. The van der Waals surface area contributed by atoms with Crippen molar-refractivity contribution in [3.63, 3.8) is 0 Å². The van der Waals surface area contributed by atoms with Crippen LogP contribution < -0.4 is 21.4 Å². The molecule has 0 atom stereocenters. The van der Waals surface area contributed by atoms with E-state index in [-0.39, 0.29) is 0 Å². The van der Waals surface area contributed by atoms with Crippen LogP contribution in [0.3, 0.4) is 0 Å². The molecule has 138 valence electrons. The van der Waals surface area contributed by atoms with Gasteiger partial charge in [-0.3, -0.25) is 5.32 Å². The SMILES string of the molecule is Bc1cnc(Nc2cccc(NC(=O)OC)c2)nc1NCCc1c[nH]cn1. The minimum atomic E-state index is -0.526. The normalized spacial score (nSPS) is 10.3. The maximum absolute atomic E-state index is 11.3. The Labute approximate surface area is 157 Å². The maximum atomic E-state index is 11.3. The summed E-state index contributed by atoms with van der Waals surface area (Å²) in [5.74, 6) is 1.21. The highest BCUT2D eigenvalue weighted by Gasteiger charge is 2.06. The molecule has 2 heterocycles. The first-order valence-corrected chi connectivity index (χ1v) is 8.41. The lowest BCUT2D eigenvalue weighted by atomic mass is 9.99. The number of imidazole rings is 1. The number of carbonyl (C=O) groups excluding carboxylic acids is 1. The average Bonchev–Trinajstić information content (AvgIpc) is 3.18. The maximum Gasteiger partial charge on any atom is 0.411 e. The quantitative estimate of drug-likeness (QED) is 0.462. The fraction of sp³-hybridized carbons (Fsp3) is 0.176. The minimum absolute atomic E-state index is 0.457. The highest BCUT2D eigenvalue weighted by atomic mass is 16.5. The molecule has 0 aliphatic carbocycles. The third-order valence-electron chi connectivity index (χ3n) is 3.75. The summed E-state index contributed by atoms with van der Waals surface area (Å²) in [6.07, 6.45) is 5.55. The molecule has 0 bridgehead atoms. The molecule has 4 N–H and O–H groups in total. The molecule has 0 spiro atoms. The van der Waals surface area contributed by atoms with Crippen LogP contribution in [0.2, 0.25) is 0 Å². The van der Waals surface area contributed by atoms with E-state index in [4.69, 9.17) is 0 Å². The highest BCUT2D eigenvalue weighted by Crippen LogP contribution is 2.18. The summed E-state index contributed by atoms with van der Waals surface area (Å²) >= 11 is 0. The lowest BCUT2D eigenvalue weighted by molar-refractivity contribution is 0.187. The van der Waals surface area contributed by atoms with E-state index in [1.807, 2.05) is 26.2 Å². The van der Waals surface area contributed by atoms with Gasteiger partial charge in [-0.05, 0) is 23.7 Å². The number of amides is 1. The van der Waals surface area contributed by atoms with Crippen LogP contribution in [0.15, 0.2) is 43.0 Å². The molecule has 1 aromatic carbocycles. The Hall–Kier alpha value is -3.56. The monoisotopic (exact) mass is 365 g/mol. The minimum Gasteiger partial charge on any atom is -0.453 e. The van der Waals surface area contributed by atoms with E-state index in [9.17, 15) is 4.79 Å². The number of hydrogen-bond donors (Lipinski definition) is 4. The van der Waals surface area contributed by atoms with Crippen molar-refractivity contribution in [3.8, 4) is 0 Å². The molecule has 10 heteroatoms. The summed E-state index contributed by atoms with van der Waals surface area (Å²) in [5.41, 5.74) is 3.29. The fourth-order valence-corrected chi connectivity index (χ4v) is 2.39. The summed E-state index contributed by atoms with van der Waals surface area (Å²) in [6, 6.07) is 7.20. The summed E-state index contributed by atoms with van der Waals surface area (Å²) < 4.78 is 4.60. The molecule has 0 aliphatic heterocycles. The Bertz CT molecular complexity index is 902. The van der Waals surface area contributed by atoms with Crippen LogP contribution in [0, 0.1) is 0 Å². The molecular weight excluding hydrogens is 345 g/mol. The summed E-state index contributed by atoms with van der Waals surface area (Å²) in [7, 11) is 3.26. The van der Waals surface area contributed by atoms with Crippen LogP contribution in [0.1, 0.15) is 5.69 Å². The van der Waals surface area contributed by atoms with Gasteiger partial charge in [0.2, 0.25) is 5.95 Å². The molecular formula is C17H20BN7O2. The Balaban J connectivity index is 1.65. The van der Waals surface area contributed by atoms with Gasteiger partial charge < -0.3 is 20.4 Å². The number of H-pyrrole nitrogens is 1. The standard InChI is InChI=1S/C17H20BN7O2/c1-27-17(26)24-12-4-2-3-11(7-12)23-16-21-9-14(18)15(25-16)20-6-5-13-8-19-10-22-13/h2-4,7-10H,5-6,18H2,1H3,(H,19,22)(H,24,26)(H2,20,21,23,25). The van der Waals surface area contributed by atoms with Crippen LogP contribution in [-0.2, 0) is 11.2 Å². The van der Waals surface area contributed by atoms with E-state index in [1.165, 1.54) is 7.11 Å². The molecule has 9 nitrogen and oxygen atoms in total. The molecule has 0 saturated heterocycles. The molecule has 0 aliphatic rings. The molecule has 3 aromatic rings. The predicted molar refractivity (Wildman–Crippen MR) is 107 cm³/mol. The number of nitrogens with zero attached hydrogens (tertiary/aromatic N) is 3. The zero-order chi connectivity index (χ0) is 19.1. The predicted octanol–water partition coefficient (Wildman–Crippen LogP) is 1.03. The molecule has 27 heavy (non-hydrogen) atoms. The fourth-order valence-electron chi connectivity index (χ4n) is 2.39. The van der Waals surface area contributed by atoms with Crippen LogP contribution in [0.4, 0.5) is 27.9 Å². The van der Waals surface area contributed by atoms with E-state index < -0.39 is 6.09 Å². The second-order valence-electron chi connectivity index (χ2n) is 5.78. The topological polar surface area (TPSA) is 117 Å². The molecule has 0 radical (unpaired) electrons. The third kappa shape index (κ3) is 5.21. The number of ether oxygens (including phenoxy) is 1. The number of aromatic nitrogens is 4. The average molecular weight is 365 g/mol. The van der Waals surface area contributed by atoms with E-state index in [1.54, 1.807) is 24.7 Å². The van der Waals surface area contributed by atoms with Gasteiger partial charge in [0.05, 0.1) is 19.1 Å². The molecule has 3 rings (SSSR count). The van der Waals surface area contributed by atoms with Crippen molar-refractivity contribution in [2.45, 2.75) is 6.42 Å². The van der Waals surface area contributed by atoms with Crippen molar-refractivity contribution in [2.75, 3.05) is 29.6 Å². The van der Waals surface area contributed by atoms with E-state index in [2.05, 4.69) is 40.6 Å². The number of carbonyl (C=O) groups is 1. The van der Waals surface area contributed by atoms with Crippen LogP contribution in [0.25, 0.3) is 0 Å². The van der Waals surface area contributed by atoms with Gasteiger partial charge in [-0.2, -0.15) is 4.98 Å². The van der Waals surface area contributed by atoms with E-state index in [0.717, 1.165) is 29.1 Å². The van der Waals surface area contributed by atoms with Crippen molar-refractivity contribution >= 4 is 42.5 Å². The number of methoxy groups -OCH3 is 1. The van der Waals surface area contributed by atoms with Gasteiger partial charge in [0, 0.05) is 36.7 Å². The molecule has 2 aromatic heterocycles. The molecule has 0 saturated carbocycles.